The number of hydrogen-bond acceptors (Lipinski definition) is 4. The number of halogens is 1. The number of nitrogens with zero attached hydrogens (tertiary/aromatic N) is 1. The van der Waals surface area contributed by atoms with E-state index in [1.807, 2.05) is 54.6 Å². The van der Waals surface area contributed by atoms with Gasteiger partial charge < -0.3 is 19.5 Å². The SMILES string of the molecule is O=C(O)COC1(c2ccc(Br)cc2)C2CCCC1CN(C(=O)OCc1ccccc1)C2. The number of amides is 1. The van der Waals surface area contributed by atoms with Crippen LogP contribution in [0.5, 0.6) is 0 Å². The Balaban J connectivity index is 1.55. The van der Waals surface area contributed by atoms with Crippen molar-refractivity contribution in [3.05, 3.63) is 70.2 Å². The molecule has 2 unspecified atom stereocenters. The fraction of sp³-hybridized carbons (Fsp3) is 0.417. The van der Waals surface area contributed by atoms with Crippen LogP contribution in [0.15, 0.2) is 59.1 Å². The van der Waals surface area contributed by atoms with Crippen molar-refractivity contribution in [1.29, 1.82) is 0 Å². The molecule has 4 rings (SSSR count). The highest BCUT2D eigenvalue weighted by atomic mass is 79.9. The summed E-state index contributed by atoms with van der Waals surface area (Å²) in [5.74, 6) is -0.978. The number of ether oxygens (including phenoxy) is 2. The maximum absolute atomic E-state index is 12.8. The molecule has 1 aliphatic heterocycles. The molecule has 2 fully saturated rings. The van der Waals surface area contributed by atoms with Gasteiger partial charge in [0.2, 0.25) is 0 Å². The van der Waals surface area contributed by atoms with Gasteiger partial charge in [-0.1, -0.05) is 64.8 Å². The fourth-order valence-corrected chi connectivity index (χ4v) is 5.34. The number of carbonyl (C=O) groups excluding carboxylic acids is 1. The predicted octanol–water partition coefficient (Wildman–Crippen LogP) is 4.81. The number of benzene rings is 2. The van der Waals surface area contributed by atoms with Crippen molar-refractivity contribution >= 4 is 28.0 Å². The highest BCUT2D eigenvalue weighted by Crippen LogP contribution is 2.52. The lowest BCUT2D eigenvalue weighted by atomic mass is 9.62. The molecular formula is C24H26BrNO5. The summed E-state index contributed by atoms with van der Waals surface area (Å²) in [7, 11) is 0. The van der Waals surface area contributed by atoms with Crippen molar-refractivity contribution in [2.24, 2.45) is 11.8 Å². The van der Waals surface area contributed by atoms with Crippen LogP contribution in [0.3, 0.4) is 0 Å². The quantitative estimate of drug-likeness (QED) is 0.632. The molecule has 1 amide bonds. The number of rotatable bonds is 6. The number of hydrogen-bond donors (Lipinski definition) is 1. The van der Waals surface area contributed by atoms with Crippen LogP contribution in [0.25, 0.3) is 0 Å². The Morgan fingerprint density at radius 1 is 1.03 bits per heavy atom. The van der Waals surface area contributed by atoms with E-state index in [2.05, 4.69) is 15.9 Å². The minimum Gasteiger partial charge on any atom is -0.480 e. The number of carboxylic acids is 1. The maximum atomic E-state index is 12.8. The van der Waals surface area contributed by atoms with Crippen molar-refractivity contribution in [3.63, 3.8) is 0 Å². The van der Waals surface area contributed by atoms with Crippen molar-refractivity contribution < 1.29 is 24.2 Å². The standard InChI is InChI=1S/C24H26BrNO5/c25-21-11-9-18(10-12-21)24(31-16-22(27)28)19-7-4-8-20(24)14-26(13-19)23(29)30-15-17-5-2-1-3-6-17/h1-3,5-6,9-12,19-20H,4,7-8,13-16H2,(H,27,28). The third-order valence-electron chi connectivity index (χ3n) is 6.39. The van der Waals surface area contributed by atoms with E-state index in [0.29, 0.717) is 13.1 Å². The monoisotopic (exact) mass is 487 g/mol. The van der Waals surface area contributed by atoms with Crippen LogP contribution in [0.2, 0.25) is 0 Å². The van der Waals surface area contributed by atoms with Crippen LogP contribution in [-0.2, 0) is 26.5 Å². The zero-order valence-electron chi connectivity index (χ0n) is 17.2. The summed E-state index contributed by atoms with van der Waals surface area (Å²) in [5.41, 5.74) is 1.21. The van der Waals surface area contributed by atoms with Gasteiger partial charge in [0.1, 0.15) is 18.8 Å². The zero-order chi connectivity index (χ0) is 21.8. The Bertz CT molecular complexity index is 903. The van der Waals surface area contributed by atoms with Crippen LogP contribution in [0.4, 0.5) is 4.79 Å². The predicted molar refractivity (Wildman–Crippen MR) is 118 cm³/mol. The molecule has 6 nitrogen and oxygen atoms in total. The lowest BCUT2D eigenvalue weighted by molar-refractivity contribution is -0.192. The van der Waals surface area contributed by atoms with Crippen molar-refractivity contribution in [2.45, 2.75) is 31.5 Å². The minimum atomic E-state index is -0.987. The lowest BCUT2D eigenvalue weighted by Gasteiger charge is -2.55. The third-order valence-corrected chi connectivity index (χ3v) is 6.92. The molecule has 2 atom stereocenters. The smallest absolute Gasteiger partial charge is 0.410 e. The molecule has 0 spiro atoms. The first-order chi connectivity index (χ1) is 15.0. The molecule has 2 bridgehead atoms. The number of likely N-dealkylation sites (tertiary alicyclic amines) is 1. The van der Waals surface area contributed by atoms with E-state index in [0.717, 1.165) is 34.9 Å². The van der Waals surface area contributed by atoms with Crippen LogP contribution in [0.1, 0.15) is 30.4 Å². The summed E-state index contributed by atoms with van der Waals surface area (Å²) in [6, 6.07) is 17.5. The highest BCUT2D eigenvalue weighted by molar-refractivity contribution is 9.10. The van der Waals surface area contributed by atoms with E-state index in [4.69, 9.17) is 9.47 Å². The Kier molecular flexibility index (Phi) is 6.62. The summed E-state index contributed by atoms with van der Waals surface area (Å²) in [6.07, 6.45) is 2.45. The average molecular weight is 488 g/mol. The topological polar surface area (TPSA) is 76.1 Å². The van der Waals surface area contributed by atoms with Gasteiger partial charge in [-0.2, -0.15) is 0 Å². The van der Waals surface area contributed by atoms with E-state index >= 15 is 0 Å². The molecule has 7 heteroatoms. The van der Waals surface area contributed by atoms with E-state index in [9.17, 15) is 14.7 Å². The van der Waals surface area contributed by atoms with Crippen molar-refractivity contribution in [2.75, 3.05) is 19.7 Å². The van der Waals surface area contributed by atoms with Crippen molar-refractivity contribution in [1.82, 2.24) is 4.90 Å². The third kappa shape index (κ3) is 4.62. The van der Waals surface area contributed by atoms with Crippen LogP contribution in [-0.4, -0.2) is 41.8 Å². The number of fused-ring (bicyclic) bond motifs is 2. The van der Waals surface area contributed by atoms with E-state index in [1.165, 1.54) is 0 Å². The molecular weight excluding hydrogens is 462 g/mol. The molecule has 2 aromatic carbocycles. The van der Waals surface area contributed by atoms with Gasteiger partial charge in [-0.3, -0.25) is 0 Å². The second-order valence-electron chi connectivity index (χ2n) is 8.25. The van der Waals surface area contributed by atoms with Gasteiger partial charge in [0.05, 0.1) is 0 Å². The van der Waals surface area contributed by atoms with E-state index in [-0.39, 0.29) is 31.1 Å². The van der Waals surface area contributed by atoms with Crippen LogP contribution >= 0.6 is 15.9 Å². The lowest BCUT2D eigenvalue weighted by Crippen LogP contribution is -2.60. The zero-order valence-corrected chi connectivity index (χ0v) is 18.8. The fourth-order valence-electron chi connectivity index (χ4n) is 5.07. The summed E-state index contributed by atoms with van der Waals surface area (Å²) in [5, 5.41) is 9.31. The molecule has 1 saturated carbocycles. The molecule has 1 saturated heterocycles. The molecule has 31 heavy (non-hydrogen) atoms. The molecule has 2 aliphatic rings. The summed E-state index contributed by atoms with van der Waals surface area (Å²) in [6.45, 7) is 0.847. The summed E-state index contributed by atoms with van der Waals surface area (Å²) >= 11 is 3.47. The van der Waals surface area contributed by atoms with Gasteiger partial charge in [0.25, 0.3) is 0 Å². The maximum Gasteiger partial charge on any atom is 0.410 e. The molecule has 164 valence electrons. The molecule has 0 radical (unpaired) electrons. The van der Waals surface area contributed by atoms with Crippen LogP contribution < -0.4 is 0 Å². The Labute approximate surface area is 190 Å². The highest BCUT2D eigenvalue weighted by Gasteiger charge is 2.55. The minimum absolute atomic E-state index is 0.00445. The largest absolute Gasteiger partial charge is 0.480 e. The first-order valence-corrected chi connectivity index (χ1v) is 11.4. The molecule has 1 heterocycles. The first kappa shape index (κ1) is 21.8. The Morgan fingerprint density at radius 3 is 2.29 bits per heavy atom. The normalized spacial score (nSPS) is 25.1. The average Bonchev–Trinajstić information content (AvgIpc) is 2.76. The van der Waals surface area contributed by atoms with Gasteiger partial charge >= 0.3 is 12.1 Å². The molecule has 1 aliphatic carbocycles. The van der Waals surface area contributed by atoms with Crippen molar-refractivity contribution in [3.8, 4) is 0 Å². The van der Waals surface area contributed by atoms with Gasteiger partial charge in [-0.15, -0.1) is 0 Å². The summed E-state index contributed by atoms with van der Waals surface area (Å²) < 4.78 is 12.7. The molecule has 2 aromatic rings. The van der Waals surface area contributed by atoms with E-state index in [1.54, 1.807) is 4.90 Å². The van der Waals surface area contributed by atoms with Gasteiger partial charge in [-0.05, 0) is 36.1 Å². The number of carboxylic acid groups (broad SMARTS) is 1. The Hall–Kier alpha value is -2.38. The molecule has 1 N–H and O–H groups in total. The number of carbonyl (C=O) groups is 2. The van der Waals surface area contributed by atoms with Gasteiger partial charge in [-0.25, -0.2) is 9.59 Å². The second-order valence-corrected chi connectivity index (χ2v) is 9.17. The Morgan fingerprint density at radius 2 is 1.68 bits per heavy atom. The van der Waals surface area contributed by atoms with Gasteiger partial charge in [0.15, 0.2) is 0 Å². The molecule has 0 aromatic heterocycles. The number of aliphatic carboxylic acids is 1. The summed E-state index contributed by atoms with van der Waals surface area (Å²) in [4.78, 5) is 26.0. The van der Waals surface area contributed by atoms with Crippen LogP contribution in [0, 0.1) is 11.8 Å². The first-order valence-electron chi connectivity index (χ1n) is 10.6. The van der Waals surface area contributed by atoms with E-state index < -0.39 is 11.6 Å². The number of piperidine rings is 1. The van der Waals surface area contributed by atoms with Gasteiger partial charge in [0, 0.05) is 29.4 Å². The second kappa shape index (κ2) is 9.40.